The van der Waals surface area contributed by atoms with Crippen LogP contribution >= 0.6 is 0 Å². The lowest BCUT2D eigenvalue weighted by Gasteiger charge is -2.06. The molecular formula is C16H13FN2. The summed E-state index contributed by atoms with van der Waals surface area (Å²) in [7, 11) is 0. The third-order valence-corrected chi connectivity index (χ3v) is 3.18. The molecular weight excluding hydrogens is 239 g/mol. The van der Waals surface area contributed by atoms with E-state index in [2.05, 4.69) is 16.0 Å². The van der Waals surface area contributed by atoms with E-state index in [1.807, 2.05) is 26.0 Å². The van der Waals surface area contributed by atoms with Gasteiger partial charge in [-0.05, 0) is 49.2 Å². The second kappa shape index (κ2) is 4.43. The van der Waals surface area contributed by atoms with E-state index < -0.39 is 0 Å². The van der Waals surface area contributed by atoms with Crippen LogP contribution in [0.4, 0.5) is 4.39 Å². The number of rotatable bonds is 1. The maximum atomic E-state index is 12.9. The van der Waals surface area contributed by atoms with Crippen LogP contribution in [0.3, 0.4) is 0 Å². The van der Waals surface area contributed by atoms with Crippen LogP contribution in [0.15, 0.2) is 42.5 Å². The molecule has 0 spiro atoms. The topological polar surface area (TPSA) is 25.8 Å². The molecule has 0 atom stereocenters. The van der Waals surface area contributed by atoms with E-state index in [1.54, 1.807) is 12.1 Å². The maximum Gasteiger partial charge on any atom is 0.126 e. The Hall–Kier alpha value is -2.29. The van der Waals surface area contributed by atoms with Gasteiger partial charge in [-0.15, -0.1) is 0 Å². The molecule has 0 aliphatic carbocycles. The summed E-state index contributed by atoms with van der Waals surface area (Å²) in [4.78, 5) is 8.79. The number of aryl methyl sites for hydroxylation is 2. The molecule has 2 nitrogen and oxygen atoms in total. The predicted octanol–water partition coefficient (Wildman–Crippen LogP) is 4.05. The highest BCUT2D eigenvalue weighted by Gasteiger charge is 2.05. The third-order valence-electron chi connectivity index (χ3n) is 3.18. The molecule has 0 radical (unpaired) electrons. The smallest absolute Gasteiger partial charge is 0.126 e. The quantitative estimate of drug-likeness (QED) is 0.653. The summed E-state index contributed by atoms with van der Waals surface area (Å²) in [6, 6.07) is 12.5. The Morgan fingerprint density at radius 2 is 1.53 bits per heavy atom. The summed E-state index contributed by atoms with van der Waals surface area (Å²) in [6.07, 6.45) is 0. The van der Waals surface area contributed by atoms with Crippen molar-refractivity contribution in [3.8, 4) is 11.1 Å². The average molecular weight is 252 g/mol. The SMILES string of the molecule is Cc1nc(C)c2cc(-c3ccc(F)cc3)ccc2n1. The molecule has 0 N–H and O–H groups in total. The fourth-order valence-electron chi connectivity index (χ4n) is 2.25. The summed E-state index contributed by atoms with van der Waals surface area (Å²) < 4.78 is 12.9. The van der Waals surface area contributed by atoms with Crippen LogP contribution < -0.4 is 0 Å². The van der Waals surface area contributed by atoms with Gasteiger partial charge in [-0.1, -0.05) is 18.2 Å². The minimum absolute atomic E-state index is 0.223. The molecule has 0 saturated carbocycles. The summed E-state index contributed by atoms with van der Waals surface area (Å²) in [6.45, 7) is 3.87. The normalized spacial score (nSPS) is 10.9. The molecule has 94 valence electrons. The van der Waals surface area contributed by atoms with E-state index in [1.165, 1.54) is 12.1 Å². The molecule has 0 aliphatic rings. The van der Waals surface area contributed by atoms with Crippen molar-refractivity contribution >= 4 is 10.9 Å². The Kier molecular flexibility index (Phi) is 2.75. The van der Waals surface area contributed by atoms with Crippen molar-refractivity contribution in [1.29, 1.82) is 0 Å². The second-order valence-corrected chi connectivity index (χ2v) is 4.60. The minimum atomic E-state index is -0.223. The van der Waals surface area contributed by atoms with E-state index in [0.29, 0.717) is 0 Å². The number of hydrogen-bond donors (Lipinski definition) is 0. The predicted molar refractivity (Wildman–Crippen MR) is 74.4 cm³/mol. The highest BCUT2D eigenvalue weighted by Crippen LogP contribution is 2.25. The van der Waals surface area contributed by atoms with Gasteiger partial charge >= 0.3 is 0 Å². The lowest BCUT2D eigenvalue weighted by molar-refractivity contribution is 0.628. The van der Waals surface area contributed by atoms with Gasteiger partial charge in [0, 0.05) is 11.1 Å². The van der Waals surface area contributed by atoms with Gasteiger partial charge in [-0.2, -0.15) is 0 Å². The third kappa shape index (κ3) is 2.19. The highest BCUT2D eigenvalue weighted by atomic mass is 19.1. The zero-order valence-electron chi connectivity index (χ0n) is 10.8. The fourth-order valence-corrected chi connectivity index (χ4v) is 2.25. The first-order chi connectivity index (χ1) is 9.13. The van der Waals surface area contributed by atoms with Crippen LogP contribution in [-0.4, -0.2) is 9.97 Å². The van der Waals surface area contributed by atoms with Gasteiger partial charge in [0.1, 0.15) is 11.6 Å². The van der Waals surface area contributed by atoms with Crippen LogP contribution in [0.25, 0.3) is 22.0 Å². The Morgan fingerprint density at radius 3 is 2.26 bits per heavy atom. The number of nitrogens with zero attached hydrogens (tertiary/aromatic N) is 2. The first-order valence-electron chi connectivity index (χ1n) is 6.14. The van der Waals surface area contributed by atoms with E-state index in [-0.39, 0.29) is 5.82 Å². The van der Waals surface area contributed by atoms with Gasteiger partial charge < -0.3 is 0 Å². The first-order valence-corrected chi connectivity index (χ1v) is 6.14. The molecule has 0 aliphatic heterocycles. The average Bonchev–Trinajstić information content (AvgIpc) is 2.39. The highest BCUT2D eigenvalue weighted by molar-refractivity contribution is 5.86. The van der Waals surface area contributed by atoms with E-state index >= 15 is 0 Å². The van der Waals surface area contributed by atoms with Crippen LogP contribution in [0, 0.1) is 19.7 Å². The van der Waals surface area contributed by atoms with Crippen molar-refractivity contribution in [2.75, 3.05) is 0 Å². The Labute approximate surface area is 111 Å². The van der Waals surface area contributed by atoms with Crippen LogP contribution in [0.2, 0.25) is 0 Å². The Bertz CT molecular complexity index is 749. The van der Waals surface area contributed by atoms with Gasteiger partial charge in [0.05, 0.1) is 5.52 Å². The molecule has 0 unspecified atom stereocenters. The van der Waals surface area contributed by atoms with Crippen LogP contribution in [0.5, 0.6) is 0 Å². The van der Waals surface area contributed by atoms with Gasteiger partial charge in [0.15, 0.2) is 0 Å². The van der Waals surface area contributed by atoms with Crippen molar-refractivity contribution < 1.29 is 4.39 Å². The van der Waals surface area contributed by atoms with E-state index in [0.717, 1.165) is 33.5 Å². The summed E-state index contributed by atoms with van der Waals surface area (Å²) >= 11 is 0. The fraction of sp³-hybridized carbons (Fsp3) is 0.125. The number of fused-ring (bicyclic) bond motifs is 1. The van der Waals surface area contributed by atoms with Crippen molar-refractivity contribution in [3.63, 3.8) is 0 Å². The molecule has 0 amide bonds. The largest absolute Gasteiger partial charge is 0.238 e. The van der Waals surface area contributed by atoms with Crippen LogP contribution in [0.1, 0.15) is 11.5 Å². The van der Waals surface area contributed by atoms with E-state index in [9.17, 15) is 4.39 Å². The van der Waals surface area contributed by atoms with Crippen LogP contribution in [-0.2, 0) is 0 Å². The van der Waals surface area contributed by atoms with Gasteiger partial charge in [0.2, 0.25) is 0 Å². The second-order valence-electron chi connectivity index (χ2n) is 4.60. The molecule has 2 aromatic carbocycles. The number of hydrogen-bond acceptors (Lipinski definition) is 2. The Morgan fingerprint density at radius 1 is 0.842 bits per heavy atom. The van der Waals surface area contributed by atoms with Gasteiger partial charge in [0.25, 0.3) is 0 Å². The number of halogens is 1. The first kappa shape index (κ1) is 11.8. The van der Waals surface area contributed by atoms with E-state index in [4.69, 9.17) is 0 Å². The summed E-state index contributed by atoms with van der Waals surface area (Å²) in [5, 5.41) is 1.03. The lowest BCUT2D eigenvalue weighted by atomic mass is 10.0. The minimum Gasteiger partial charge on any atom is -0.238 e. The monoisotopic (exact) mass is 252 g/mol. The Balaban J connectivity index is 2.19. The number of benzene rings is 2. The summed E-state index contributed by atoms with van der Waals surface area (Å²) in [5.41, 5.74) is 3.94. The maximum absolute atomic E-state index is 12.9. The van der Waals surface area contributed by atoms with Crippen molar-refractivity contribution in [3.05, 3.63) is 59.8 Å². The standard InChI is InChI=1S/C16H13FN2/c1-10-15-9-13(12-3-6-14(17)7-4-12)5-8-16(15)19-11(2)18-10/h3-9H,1-2H3. The van der Waals surface area contributed by atoms with Crippen molar-refractivity contribution in [1.82, 2.24) is 9.97 Å². The zero-order valence-corrected chi connectivity index (χ0v) is 10.8. The molecule has 3 heteroatoms. The summed E-state index contributed by atoms with van der Waals surface area (Å²) in [5.74, 6) is 0.555. The molecule has 1 aromatic heterocycles. The van der Waals surface area contributed by atoms with Crippen molar-refractivity contribution in [2.45, 2.75) is 13.8 Å². The van der Waals surface area contributed by atoms with Gasteiger partial charge in [-0.3, -0.25) is 0 Å². The molecule has 0 bridgehead atoms. The number of aromatic nitrogens is 2. The van der Waals surface area contributed by atoms with Gasteiger partial charge in [-0.25, -0.2) is 14.4 Å². The molecule has 19 heavy (non-hydrogen) atoms. The molecule has 3 rings (SSSR count). The molecule has 3 aromatic rings. The molecule has 0 fully saturated rings. The van der Waals surface area contributed by atoms with Crippen molar-refractivity contribution in [2.24, 2.45) is 0 Å². The lowest BCUT2D eigenvalue weighted by Crippen LogP contribution is -1.93. The zero-order chi connectivity index (χ0) is 13.4. The molecule has 1 heterocycles. The molecule has 0 saturated heterocycles.